The summed E-state index contributed by atoms with van der Waals surface area (Å²) in [4.78, 5) is 14.3. The molecule has 2 rings (SSSR count). The largest absolute Gasteiger partial charge is 0.338 e. The monoisotopic (exact) mass is 379 g/mol. The SMILES string of the molecule is O=C(c1csc(Br)c1)N1CCCC(CCBr)C1. The molecule has 1 aromatic heterocycles. The lowest BCUT2D eigenvalue weighted by molar-refractivity contribution is 0.0672. The Morgan fingerprint density at radius 1 is 1.59 bits per heavy atom. The summed E-state index contributed by atoms with van der Waals surface area (Å²) in [7, 11) is 0. The van der Waals surface area contributed by atoms with Gasteiger partial charge in [0.05, 0.1) is 9.35 Å². The molecule has 1 fully saturated rings. The third kappa shape index (κ3) is 3.55. The van der Waals surface area contributed by atoms with Crippen LogP contribution >= 0.6 is 43.2 Å². The van der Waals surface area contributed by atoms with Crippen molar-refractivity contribution in [3.05, 3.63) is 20.8 Å². The minimum atomic E-state index is 0.186. The Balaban J connectivity index is 1.99. The fourth-order valence-corrected chi connectivity index (χ4v) is 4.02. The van der Waals surface area contributed by atoms with E-state index in [1.54, 1.807) is 11.3 Å². The van der Waals surface area contributed by atoms with E-state index >= 15 is 0 Å². The van der Waals surface area contributed by atoms with Crippen molar-refractivity contribution in [3.63, 3.8) is 0 Å². The van der Waals surface area contributed by atoms with E-state index < -0.39 is 0 Å². The number of alkyl halides is 1. The first-order valence-electron chi connectivity index (χ1n) is 5.80. The molecule has 0 saturated carbocycles. The van der Waals surface area contributed by atoms with Gasteiger partial charge in [0, 0.05) is 23.8 Å². The average Bonchev–Trinajstić information content (AvgIpc) is 2.76. The number of amides is 1. The molecule has 94 valence electrons. The van der Waals surface area contributed by atoms with E-state index in [1.165, 1.54) is 6.42 Å². The summed E-state index contributed by atoms with van der Waals surface area (Å²) in [6.07, 6.45) is 3.55. The molecule has 1 aliphatic rings. The van der Waals surface area contributed by atoms with Gasteiger partial charge in [0.2, 0.25) is 0 Å². The fraction of sp³-hybridized carbons (Fsp3) is 0.583. The van der Waals surface area contributed by atoms with Gasteiger partial charge in [-0.25, -0.2) is 0 Å². The Bertz CT molecular complexity index is 392. The lowest BCUT2D eigenvalue weighted by Crippen LogP contribution is -2.39. The van der Waals surface area contributed by atoms with Crippen LogP contribution in [-0.4, -0.2) is 29.2 Å². The van der Waals surface area contributed by atoms with E-state index in [0.717, 1.165) is 40.6 Å². The zero-order valence-electron chi connectivity index (χ0n) is 9.49. The van der Waals surface area contributed by atoms with Gasteiger partial charge in [-0.1, -0.05) is 15.9 Å². The van der Waals surface area contributed by atoms with Crippen molar-refractivity contribution in [1.29, 1.82) is 0 Å². The molecule has 0 aromatic carbocycles. The standard InChI is InChI=1S/C12H15Br2NOS/c13-4-3-9-2-1-5-15(7-9)12(16)10-6-11(14)17-8-10/h6,8-9H,1-5,7H2. The average molecular weight is 381 g/mol. The molecule has 1 saturated heterocycles. The molecule has 0 N–H and O–H groups in total. The van der Waals surface area contributed by atoms with Crippen LogP contribution in [0.25, 0.3) is 0 Å². The van der Waals surface area contributed by atoms with E-state index in [1.807, 2.05) is 16.3 Å². The van der Waals surface area contributed by atoms with Gasteiger partial charge >= 0.3 is 0 Å². The maximum absolute atomic E-state index is 12.3. The molecule has 0 bridgehead atoms. The molecule has 2 heterocycles. The number of thiophene rings is 1. The summed E-state index contributed by atoms with van der Waals surface area (Å²) in [6, 6.07) is 1.92. The third-order valence-corrected chi connectivity index (χ3v) is 5.10. The number of hydrogen-bond donors (Lipinski definition) is 0. The normalized spacial score (nSPS) is 20.6. The molecular weight excluding hydrogens is 366 g/mol. The highest BCUT2D eigenvalue weighted by molar-refractivity contribution is 9.11. The number of carbonyl (C=O) groups excluding carboxylic acids is 1. The summed E-state index contributed by atoms with van der Waals surface area (Å²) in [5.74, 6) is 0.848. The second kappa shape index (κ2) is 6.34. The zero-order valence-corrected chi connectivity index (χ0v) is 13.5. The van der Waals surface area contributed by atoms with Crippen LogP contribution in [0.2, 0.25) is 0 Å². The van der Waals surface area contributed by atoms with Gasteiger partial charge in [-0.05, 0) is 47.2 Å². The van der Waals surface area contributed by atoms with Crippen LogP contribution in [0, 0.1) is 5.92 Å². The summed E-state index contributed by atoms with van der Waals surface area (Å²) in [5, 5.41) is 2.96. The van der Waals surface area contributed by atoms with Crippen LogP contribution in [-0.2, 0) is 0 Å². The highest BCUT2D eigenvalue weighted by Crippen LogP contribution is 2.25. The molecule has 1 aliphatic heterocycles. The Labute approximate surface area is 123 Å². The molecule has 0 radical (unpaired) electrons. The smallest absolute Gasteiger partial charge is 0.254 e. The first-order chi connectivity index (χ1) is 8.20. The van der Waals surface area contributed by atoms with Gasteiger partial charge < -0.3 is 4.90 Å². The van der Waals surface area contributed by atoms with Gasteiger partial charge in [-0.2, -0.15) is 0 Å². The van der Waals surface area contributed by atoms with Crippen molar-refractivity contribution in [2.24, 2.45) is 5.92 Å². The van der Waals surface area contributed by atoms with Gasteiger partial charge in [0.15, 0.2) is 0 Å². The van der Waals surface area contributed by atoms with Crippen molar-refractivity contribution < 1.29 is 4.79 Å². The number of rotatable bonds is 3. The van der Waals surface area contributed by atoms with Crippen LogP contribution in [0.4, 0.5) is 0 Å². The quantitative estimate of drug-likeness (QED) is 0.721. The van der Waals surface area contributed by atoms with Crippen molar-refractivity contribution >= 4 is 49.1 Å². The fourth-order valence-electron chi connectivity index (χ4n) is 2.24. The molecule has 5 heteroatoms. The van der Waals surface area contributed by atoms with Crippen molar-refractivity contribution in [2.45, 2.75) is 19.3 Å². The summed E-state index contributed by atoms with van der Waals surface area (Å²) in [5.41, 5.74) is 0.821. The van der Waals surface area contributed by atoms with Gasteiger partial charge in [-0.3, -0.25) is 4.79 Å². The summed E-state index contributed by atoms with van der Waals surface area (Å²) >= 11 is 8.45. The Hall–Kier alpha value is 0.130. The van der Waals surface area contributed by atoms with Crippen molar-refractivity contribution in [1.82, 2.24) is 4.90 Å². The van der Waals surface area contributed by atoms with E-state index in [-0.39, 0.29) is 5.91 Å². The maximum Gasteiger partial charge on any atom is 0.254 e. The second-order valence-corrected chi connectivity index (χ2v) is 7.46. The number of likely N-dealkylation sites (tertiary alicyclic amines) is 1. The highest BCUT2D eigenvalue weighted by Gasteiger charge is 2.24. The lowest BCUT2D eigenvalue weighted by atomic mass is 9.95. The molecular formula is C12H15Br2NOS. The summed E-state index contributed by atoms with van der Waals surface area (Å²) in [6.45, 7) is 1.82. The molecule has 2 nitrogen and oxygen atoms in total. The Morgan fingerprint density at radius 3 is 3.06 bits per heavy atom. The molecule has 1 aromatic rings. The molecule has 1 unspecified atom stereocenters. The maximum atomic E-state index is 12.3. The van der Waals surface area contributed by atoms with E-state index in [4.69, 9.17) is 0 Å². The minimum absolute atomic E-state index is 0.186. The lowest BCUT2D eigenvalue weighted by Gasteiger charge is -2.32. The van der Waals surface area contributed by atoms with Gasteiger partial charge in [0.1, 0.15) is 0 Å². The van der Waals surface area contributed by atoms with E-state index in [2.05, 4.69) is 31.9 Å². The van der Waals surface area contributed by atoms with Crippen LogP contribution in [0.15, 0.2) is 15.2 Å². The number of halogens is 2. The van der Waals surface area contributed by atoms with Crippen molar-refractivity contribution in [2.75, 3.05) is 18.4 Å². The number of nitrogens with zero attached hydrogens (tertiary/aromatic N) is 1. The first-order valence-corrected chi connectivity index (χ1v) is 8.59. The van der Waals surface area contributed by atoms with Crippen molar-refractivity contribution in [3.8, 4) is 0 Å². The predicted molar refractivity (Wildman–Crippen MR) is 79.1 cm³/mol. The van der Waals surface area contributed by atoms with E-state index in [0.29, 0.717) is 5.92 Å². The number of hydrogen-bond acceptors (Lipinski definition) is 2. The number of piperidine rings is 1. The Morgan fingerprint density at radius 2 is 2.41 bits per heavy atom. The molecule has 1 atom stereocenters. The Kier molecular flexibility index (Phi) is 5.06. The van der Waals surface area contributed by atoms with E-state index in [9.17, 15) is 4.79 Å². The summed E-state index contributed by atoms with van der Waals surface area (Å²) < 4.78 is 1.02. The van der Waals surface area contributed by atoms with Crippen LogP contribution in [0.5, 0.6) is 0 Å². The minimum Gasteiger partial charge on any atom is -0.338 e. The second-order valence-electron chi connectivity index (χ2n) is 4.38. The molecule has 0 spiro atoms. The molecule has 0 aliphatic carbocycles. The van der Waals surface area contributed by atoms with Crippen LogP contribution < -0.4 is 0 Å². The van der Waals surface area contributed by atoms with Crippen LogP contribution in [0.3, 0.4) is 0 Å². The first kappa shape index (κ1) is 13.6. The van der Waals surface area contributed by atoms with Gasteiger partial charge in [-0.15, -0.1) is 11.3 Å². The zero-order chi connectivity index (χ0) is 12.3. The van der Waals surface area contributed by atoms with Crippen LogP contribution in [0.1, 0.15) is 29.6 Å². The topological polar surface area (TPSA) is 20.3 Å². The molecule has 17 heavy (non-hydrogen) atoms. The third-order valence-electron chi connectivity index (χ3n) is 3.14. The molecule has 1 amide bonds. The predicted octanol–water partition coefficient (Wildman–Crippen LogP) is 4.15. The number of carbonyl (C=O) groups is 1. The van der Waals surface area contributed by atoms with Gasteiger partial charge in [0.25, 0.3) is 5.91 Å². The highest BCUT2D eigenvalue weighted by atomic mass is 79.9.